The average Bonchev–Trinajstić information content (AvgIpc) is 3.52. The van der Waals surface area contributed by atoms with Crippen LogP contribution in [0.5, 0.6) is 0 Å². The van der Waals surface area contributed by atoms with E-state index in [4.69, 9.17) is 39.0 Å². The maximum atomic E-state index is 7.95. The van der Waals surface area contributed by atoms with E-state index in [0.29, 0.717) is 11.6 Å². The number of hydrogen-bond acceptors (Lipinski definition) is 3. The molecule has 7 aromatic rings. The Balaban J connectivity index is 0.000000211. The summed E-state index contributed by atoms with van der Waals surface area (Å²) in [5.41, 5.74) is 8.07. The van der Waals surface area contributed by atoms with E-state index in [0.717, 1.165) is 55.6 Å². The average molecular weight is 664 g/mol. The van der Waals surface area contributed by atoms with Gasteiger partial charge in [-0.1, -0.05) is 175 Å². The standard InChI is InChI=1S/C28H20Cl2N2.C14H12N2/c29-24-17-9-7-15-22(24)19-32-27(21-13-5-2-6-14-21)26(20-11-3-1-4-12-20)31-28(32)23-16-8-10-18-25(23)30;15-13(11-7-3-1-4-8-11)14(16)12-9-5-2-6-10-12/h1-18H,19H2;1-10,15-16H. The third-order valence-corrected chi connectivity index (χ3v) is 8.54. The Hall–Kier alpha value is -5.55. The van der Waals surface area contributed by atoms with Crippen molar-refractivity contribution in [2.45, 2.75) is 6.54 Å². The summed E-state index contributed by atoms with van der Waals surface area (Å²) < 4.78 is 2.22. The molecule has 0 aliphatic heterocycles. The molecule has 1 aromatic heterocycles. The van der Waals surface area contributed by atoms with Crippen LogP contribution in [0.4, 0.5) is 0 Å². The highest BCUT2D eigenvalue weighted by Crippen LogP contribution is 2.39. The summed E-state index contributed by atoms with van der Waals surface area (Å²) in [6, 6.07) is 55.1. The molecule has 4 nitrogen and oxygen atoms in total. The molecular weight excluding hydrogens is 631 g/mol. The van der Waals surface area contributed by atoms with Crippen molar-refractivity contribution in [2.24, 2.45) is 0 Å². The van der Waals surface area contributed by atoms with Crippen LogP contribution in [0.15, 0.2) is 170 Å². The van der Waals surface area contributed by atoms with Crippen LogP contribution in [0.1, 0.15) is 16.7 Å². The van der Waals surface area contributed by atoms with E-state index in [-0.39, 0.29) is 11.4 Å². The summed E-state index contributed by atoms with van der Waals surface area (Å²) in [6.07, 6.45) is 0. The van der Waals surface area contributed by atoms with Gasteiger partial charge in [0.15, 0.2) is 0 Å². The zero-order valence-electron chi connectivity index (χ0n) is 26.0. The lowest BCUT2D eigenvalue weighted by Gasteiger charge is -2.15. The second-order valence-corrected chi connectivity index (χ2v) is 11.8. The fourth-order valence-corrected chi connectivity index (χ4v) is 5.85. The lowest BCUT2D eigenvalue weighted by molar-refractivity contribution is 0.815. The van der Waals surface area contributed by atoms with E-state index in [1.165, 1.54) is 0 Å². The van der Waals surface area contributed by atoms with Crippen LogP contribution in [0.25, 0.3) is 33.9 Å². The highest BCUT2D eigenvalue weighted by molar-refractivity contribution is 6.51. The molecule has 2 N–H and O–H groups in total. The second-order valence-electron chi connectivity index (χ2n) is 11.0. The van der Waals surface area contributed by atoms with Gasteiger partial charge in [0.25, 0.3) is 0 Å². The van der Waals surface area contributed by atoms with Gasteiger partial charge in [-0.15, -0.1) is 0 Å². The number of hydrogen-bond donors (Lipinski definition) is 2. The molecule has 6 heteroatoms. The lowest BCUT2D eigenvalue weighted by atomic mass is 10.0. The largest absolute Gasteiger partial charge is 0.319 e. The van der Waals surface area contributed by atoms with E-state index in [1.807, 2.05) is 140 Å². The van der Waals surface area contributed by atoms with Crippen molar-refractivity contribution in [3.8, 4) is 33.9 Å². The number of imidazole rings is 1. The van der Waals surface area contributed by atoms with Crippen molar-refractivity contribution < 1.29 is 0 Å². The van der Waals surface area contributed by atoms with Crippen molar-refractivity contribution >= 4 is 34.6 Å². The first kappa shape index (κ1) is 32.4. The van der Waals surface area contributed by atoms with Gasteiger partial charge in [0, 0.05) is 32.8 Å². The number of benzene rings is 6. The fraction of sp³-hybridized carbons (Fsp3) is 0.0238. The van der Waals surface area contributed by atoms with Gasteiger partial charge in [-0.05, 0) is 23.8 Å². The van der Waals surface area contributed by atoms with Gasteiger partial charge >= 0.3 is 0 Å². The van der Waals surface area contributed by atoms with Crippen molar-refractivity contribution in [2.75, 3.05) is 0 Å². The smallest absolute Gasteiger partial charge is 0.142 e. The van der Waals surface area contributed by atoms with Crippen LogP contribution in [0.3, 0.4) is 0 Å². The molecule has 0 radical (unpaired) electrons. The Bertz CT molecular complexity index is 2090. The number of halogens is 2. The number of nitrogens with one attached hydrogen (secondary N) is 2. The molecule has 0 aliphatic rings. The molecule has 234 valence electrons. The zero-order valence-corrected chi connectivity index (χ0v) is 27.5. The van der Waals surface area contributed by atoms with Gasteiger partial charge < -0.3 is 4.57 Å². The maximum Gasteiger partial charge on any atom is 0.142 e. The fourth-order valence-electron chi connectivity index (χ4n) is 5.44. The Morgan fingerprint density at radius 3 is 1.46 bits per heavy atom. The van der Waals surface area contributed by atoms with Crippen LogP contribution >= 0.6 is 23.2 Å². The van der Waals surface area contributed by atoms with E-state index in [2.05, 4.69) is 34.9 Å². The molecule has 0 amide bonds. The van der Waals surface area contributed by atoms with Crippen LogP contribution < -0.4 is 0 Å². The van der Waals surface area contributed by atoms with Gasteiger partial charge in [-0.2, -0.15) is 0 Å². The van der Waals surface area contributed by atoms with Crippen LogP contribution in [-0.4, -0.2) is 21.0 Å². The topological polar surface area (TPSA) is 65.5 Å². The van der Waals surface area contributed by atoms with E-state index < -0.39 is 0 Å². The summed E-state index contributed by atoms with van der Waals surface area (Å²) in [5, 5.41) is 17.3. The number of nitrogens with zero attached hydrogens (tertiary/aromatic N) is 2. The van der Waals surface area contributed by atoms with Gasteiger partial charge in [0.1, 0.15) is 5.82 Å². The predicted molar refractivity (Wildman–Crippen MR) is 201 cm³/mol. The first-order valence-electron chi connectivity index (χ1n) is 15.5. The minimum Gasteiger partial charge on any atom is -0.319 e. The third-order valence-electron chi connectivity index (χ3n) is 7.84. The highest BCUT2D eigenvalue weighted by Gasteiger charge is 2.23. The van der Waals surface area contributed by atoms with Crippen molar-refractivity contribution in [3.63, 3.8) is 0 Å². The van der Waals surface area contributed by atoms with Crippen LogP contribution in [0.2, 0.25) is 10.0 Å². The minimum atomic E-state index is 0.256. The Morgan fingerprint density at radius 2 is 0.938 bits per heavy atom. The highest BCUT2D eigenvalue weighted by atomic mass is 35.5. The molecule has 0 unspecified atom stereocenters. The van der Waals surface area contributed by atoms with Crippen molar-refractivity contribution in [3.05, 3.63) is 197 Å². The first-order chi connectivity index (χ1) is 23.5. The minimum absolute atomic E-state index is 0.256. The first-order valence-corrected chi connectivity index (χ1v) is 16.2. The molecule has 48 heavy (non-hydrogen) atoms. The summed E-state index contributed by atoms with van der Waals surface area (Å²) in [7, 11) is 0. The van der Waals surface area contributed by atoms with Gasteiger partial charge in [0.2, 0.25) is 0 Å². The molecule has 0 atom stereocenters. The summed E-state index contributed by atoms with van der Waals surface area (Å²) >= 11 is 13.2. The van der Waals surface area contributed by atoms with Crippen molar-refractivity contribution in [1.29, 1.82) is 10.8 Å². The Labute approximate surface area is 290 Å². The molecule has 0 aliphatic carbocycles. The van der Waals surface area contributed by atoms with E-state index in [1.54, 1.807) is 0 Å². The van der Waals surface area contributed by atoms with E-state index in [9.17, 15) is 0 Å². The summed E-state index contributed by atoms with van der Waals surface area (Å²) in [6.45, 7) is 0.574. The third kappa shape index (κ3) is 7.37. The Kier molecular flexibility index (Phi) is 10.4. The molecular formula is C42H32Cl2N4. The second kappa shape index (κ2) is 15.4. The quantitative estimate of drug-likeness (QED) is 0.156. The molecule has 0 saturated carbocycles. The number of rotatable bonds is 8. The molecule has 6 aromatic carbocycles. The Morgan fingerprint density at radius 1 is 0.500 bits per heavy atom. The number of aromatic nitrogens is 2. The van der Waals surface area contributed by atoms with Crippen molar-refractivity contribution in [1.82, 2.24) is 9.55 Å². The van der Waals surface area contributed by atoms with Gasteiger partial charge in [0.05, 0.1) is 34.4 Å². The molecule has 0 bridgehead atoms. The molecule has 1 heterocycles. The maximum absolute atomic E-state index is 7.95. The zero-order chi connectivity index (χ0) is 33.3. The molecule has 0 fully saturated rings. The van der Waals surface area contributed by atoms with Gasteiger partial charge in [-0.3, -0.25) is 10.8 Å². The lowest BCUT2D eigenvalue weighted by Crippen LogP contribution is -2.14. The summed E-state index contributed by atoms with van der Waals surface area (Å²) in [5.74, 6) is 0.813. The summed E-state index contributed by atoms with van der Waals surface area (Å²) in [4.78, 5) is 5.15. The van der Waals surface area contributed by atoms with Crippen LogP contribution in [-0.2, 0) is 6.54 Å². The van der Waals surface area contributed by atoms with E-state index >= 15 is 0 Å². The normalized spacial score (nSPS) is 10.5. The molecule has 0 spiro atoms. The molecule has 0 saturated heterocycles. The molecule has 7 rings (SSSR count). The van der Waals surface area contributed by atoms with Gasteiger partial charge in [-0.25, -0.2) is 4.98 Å². The monoisotopic (exact) mass is 662 g/mol. The predicted octanol–water partition coefficient (Wildman–Crippen LogP) is 11.4. The van der Waals surface area contributed by atoms with Crippen LogP contribution in [0, 0.1) is 10.8 Å². The SMILES string of the molecule is Clc1ccccc1Cn1c(-c2ccccc2Cl)nc(-c2ccccc2)c1-c1ccccc1.N=C(C(=N)c1ccccc1)c1ccccc1.